The lowest BCUT2D eigenvalue weighted by Gasteiger charge is -2.24. The lowest BCUT2D eigenvalue weighted by Crippen LogP contribution is -2.46. The molecule has 92 valence electrons. The highest BCUT2D eigenvalue weighted by molar-refractivity contribution is 5.94. The lowest BCUT2D eigenvalue weighted by molar-refractivity contribution is -0.111. The van der Waals surface area contributed by atoms with Crippen molar-refractivity contribution in [2.45, 2.75) is 13.1 Å². The Kier molecular flexibility index (Phi) is 6.61. The van der Waals surface area contributed by atoms with Gasteiger partial charge in [0.1, 0.15) is 6.17 Å². The van der Waals surface area contributed by atoms with Crippen molar-refractivity contribution in [3.63, 3.8) is 0 Å². The van der Waals surface area contributed by atoms with E-state index >= 15 is 0 Å². The van der Waals surface area contributed by atoms with E-state index in [-0.39, 0.29) is 18.7 Å². The minimum absolute atomic E-state index is 0.0743. The van der Waals surface area contributed by atoms with E-state index in [4.69, 9.17) is 11.5 Å². The molecule has 0 aromatic heterocycles. The smallest absolute Gasteiger partial charge is 0.318 e. The maximum atomic E-state index is 10.4. The Morgan fingerprint density at radius 1 is 1.56 bits per heavy atom. The second-order valence-electron chi connectivity index (χ2n) is 3.09. The quantitative estimate of drug-likeness (QED) is 0.182. The van der Waals surface area contributed by atoms with Crippen LogP contribution in [0.25, 0.3) is 0 Å². The van der Waals surface area contributed by atoms with Crippen molar-refractivity contribution in [1.29, 1.82) is 0 Å². The van der Waals surface area contributed by atoms with Gasteiger partial charge in [-0.25, -0.2) is 9.79 Å². The zero-order valence-corrected chi connectivity index (χ0v) is 9.43. The molecule has 0 aliphatic carbocycles. The van der Waals surface area contributed by atoms with E-state index in [1.807, 2.05) is 18.9 Å². The van der Waals surface area contributed by atoms with E-state index in [0.717, 1.165) is 6.54 Å². The number of likely N-dealkylation sites (N-methyl/N-ethyl adjacent to an activating group) is 1. The minimum atomic E-state index is -0.773. The van der Waals surface area contributed by atoms with Crippen LogP contribution in [0.2, 0.25) is 0 Å². The SMILES string of the molecule is CCN(C)C(CN=C(N)NC(N)=O)NC=O. The van der Waals surface area contributed by atoms with Crippen LogP contribution in [0, 0.1) is 0 Å². The molecular formula is C8H18N6O2. The Labute approximate surface area is 94.1 Å². The molecule has 0 aromatic rings. The molecule has 0 radical (unpaired) electrons. The summed E-state index contributed by atoms with van der Waals surface area (Å²) in [4.78, 5) is 26.5. The van der Waals surface area contributed by atoms with Crippen molar-refractivity contribution in [1.82, 2.24) is 15.5 Å². The Morgan fingerprint density at radius 3 is 2.62 bits per heavy atom. The number of nitrogens with zero attached hydrogens (tertiary/aromatic N) is 2. The van der Waals surface area contributed by atoms with Gasteiger partial charge in [-0.1, -0.05) is 6.92 Å². The number of carbonyl (C=O) groups excluding carboxylic acids is 2. The van der Waals surface area contributed by atoms with Crippen molar-refractivity contribution in [2.75, 3.05) is 20.1 Å². The third-order valence-electron chi connectivity index (χ3n) is 1.98. The standard InChI is InChI=1S/C8H18N6O2/c1-3-14(2)6(12-5-15)4-11-7(9)13-8(10)16/h5-6H,3-4H2,1-2H3,(H,12,15)(H5,9,10,11,13,16). The topological polar surface area (TPSA) is 126 Å². The maximum absolute atomic E-state index is 10.4. The number of nitrogens with one attached hydrogen (secondary N) is 2. The first-order valence-corrected chi connectivity index (χ1v) is 4.77. The Balaban J connectivity index is 4.28. The van der Waals surface area contributed by atoms with E-state index in [2.05, 4.69) is 15.6 Å². The molecule has 1 atom stereocenters. The highest BCUT2D eigenvalue weighted by Gasteiger charge is 2.11. The molecule has 0 fully saturated rings. The number of primary amides is 1. The van der Waals surface area contributed by atoms with Crippen LogP contribution in [0.15, 0.2) is 4.99 Å². The Bertz CT molecular complexity index is 267. The molecule has 8 heteroatoms. The van der Waals surface area contributed by atoms with Crippen molar-refractivity contribution in [2.24, 2.45) is 16.5 Å². The molecule has 0 saturated heterocycles. The van der Waals surface area contributed by atoms with Gasteiger partial charge in [-0.3, -0.25) is 15.0 Å². The molecule has 0 saturated carbocycles. The third-order valence-corrected chi connectivity index (χ3v) is 1.98. The molecule has 0 spiro atoms. The van der Waals surface area contributed by atoms with Crippen LogP contribution in [0.4, 0.5) is 4.79 Å². The predicted molar refractivity (Wildman–Crippen MR) is 60.5 cm³/mol. The summed E-state index contributed by atoms with van der Waals surface area (Å²) in [6.07, 6.45) is 0.320. The molecule has 1 unspecified atom stereocenters. The molecule has 3 amide bonds. The van der Waals surface area contributed by atoms with E-state index in [0.29, 0.717) is 6.41 Å². The van der Waals surface area contributed by atoms with E-state index < -0.39 is 6.03 Å². The average Bonchev–Trinajstić information content (AvgIpc) is 2.22. The Morgan fingerprint density at radius 2 is 2.19 bits per heavy atom. The third kappa shape index (κ3) is 5.81. The molecule has 16 heavy (non-hydrogen) atoms. The summed E-state index contributed by atoms with van der Waals surface area (Å²) in [5.41, 5.74) is 10.2. The number of hydrogen-bond donors (Lipinski definition) is 4. The zero-order chi connectivity index (χ0) is 12.6. The van der Waals surface area contributed by atoms with Gasteiger partial charge in [0.15, 0.2) is 5.96 Å². The molecule has 0 rings (SSSR count). The highest BCUT2D eigenvalue weighted by atomic mass is 16.2. The van der Waals surface area contributed by atoms with Crippen LogP contribution in [-0.2, 0) is 4.79 Å². The minimum Gasteiger partial charge on any atom is -0.370 e. The molecule has 6 N–H and O–H groups in total. The van der Waals surface area contributed by atoms with Gasteiger partial charge in [-0.15, -0.1) is 0 Å². The summed E-state index contributed by atoms with van der Waals surface area (Å²) in [5.74, 6) is -0.0743. The number of nitrogens with two attached hydrogens (primary N) is 2. The maximum Gasteiger partial charge on any atom is 0.318 e. The van der Waals surface area contributed by atoms with Gasteiger partial charge in [0.05, 0.1) is 6.54 Å². The van der Waals surface area contributed by atoms with Crippen molar-refractivity contribution in [3.05, 3.63) is 0 Å². The molecule has 0 aromatic carbocycles. The van der Waals surface area contributed by atoms with Gasteiger partial charge in [-0.2, -0.15) is 0 Å². The largest absolute Gasteiger partial charge is 0.370 e. The fourth-order valence-electron chi connectivity index (χ4n) is 0.969. The van der Waals surface area contributed by atoms with E-state index in [9.17, 15) is 9.59 Å². The van der Waals surface area contributed by atoms with Gasteiger partial charge >= 0.3 is 6.03 Å². The monoisotopic (exact) mass is 230 g/mol. The van der Waals surface area contributed by atoms with Gasteiger partial charge < -0.3 is 16.8 Å². The van der Waals surface area contributed by atoms with Crippen LogP contribution in [-0.4, -0.2) is 49.6 Å². The zero-order valence-electron chi connectivity index (χ0n) is 9.43. The number of aliphatic imine (C=N–C) groups is 1. The van der Waals surface area contributed by atoms with Gasteiger partial charge in [0, 0.05) is 0 Å². The highest BCUT2D eigenvalue weighted by Crippen LogP contribution is 1.91. The number of rotatable bonds is 6. The van der Waals surface area contributed by atoms with Gasteiger partial charge in [-0.05, 0) is 13.6 Å². The first kappa shape index (κ1) is 14.2. The number of amides is 3. The lowest BCUT2D eigenvalue weighted by atomic mass is 10.4. The summed E-state index contributed by atoms with van der Waals surface area (Å²) in [5, 5.41) is 4.71. The molecule has 0 aliphatic heterocycles. The van der Waals surface area contributed by atoms with E-state index in [1.165, 1.54) is 0 Å². The summed E-state index contributed by atoms with van der Waals surface area (Å²) >= 11 is 0. The Hall–Kier alpha value is -1.83. The van der Waals surface area contributed by atoms with Crippen molar-refractivity contribution < 1.29 is 9.59 Å². The number of hydrogen-bond acceptors (Lipinski definition) is 4. The first-order valence-electron chi connectivity index (χ1n) is 4.77. The number of carbonyl (C=O) groups is 2. The second-order valence-corrected chi connectivity index (χ2v) is 3.09. The fourth-order valence-corrected chi connectivity index (χ4v) is 0.969. The summed E-state index contributed by atoms with van der Waals surface area (Å²) in [7, 11) is 1.83. The summed E-state index contributed by atoms with van der Waals surface area (Å²) < 4.78 is 0. The van der Waals surface area contributed by atoms with Crippen LogP contribution in [0.5, 0.6) is 0 Å². The van der Waals surface area contributed by atoms with Crippen LogP contribution in [0.1, 0.15) is 6.92 Å². The summed E-state index contributed by atoms with van der Waals surface area (Å²) in [6, 6.07) is -0.773. The molecular weight excluding hydrogens is 212 g/mol. The number of urea groups is 1. The van der Waals surface area contributed by atoms with Crippen molar-refractivity contribution in [3.8, 4) is 0 Å². The molecule has 0 heterocycles. The van der Waals surface area contributed by atoms with E-state index in [1.54, 1.807) is 0 Å². The normalized spacial score (nSPS) is 13.3. The van der Waals surface area contributed by atoms with Crippen LogP contribution in [0.3, 0.4) is 0 Å². The van der Waals surface area contributed by atoms with Crippen LogP contribution >= 0.6 is 0 Å². The second kappa shape index (κ2) is 7.46. The average molecular weight is 230 g/mol. The van der Waals surface area contributed by atoms with Crippen molar-refractivity contribution >= 4 is 18.4 Å². The van der Waals surface area contributed by atoms with Gasteiger partial charge in [0.2, 0.25) is 6.41 Å². The fraction of sp³-hybridized carbons (Fsp3) is 0.625. The molecule has 0 aliphatic rings. The predicted octanol–water partition coefficient (Wildman–Crippen LogP) is -2.01. The molecule has 8 nitrogen and oxygen atoms in total. The molecule has 0 bridgehead atoms. The van der Waals surface area contributed by atoms with Gasteiger partial charge in [0.25, 0.3) is 0 Å². The first-order chi connectivity index (χ1) is 7.51. The number of guanidine groups is 1. The van der Waals surface area contributed by atoms with Crippen LogP contribution < -0.4 is 22.1 Å². The summed E-state index contributed by atoms with van der Waals surface area (Å²) in [6.45, 7) is 2.91.